The molecule has 1 unspecified atom stereocenters. The molecule has 0 bridgehead atoms. The maximum Gasteiger partial charge on any atom is 0.307 e. The van der Waals surface area contributed by atoms with Crippen LogP contribution in [-0.4, -0.2) is 60.9 Å². The number of rotatable bonds is 10. The fourth-order valence-electron chi connectivity index (χ4n) is 3.46. The molecule has 1 aromatic carbocycles. The van der Waals surface area contributed by atoms with E-state index in [4.69, 9.17) is 9.15 Å². The SMILES string of the molecule is CC(C)COC(=O)CC1C(=O)NCCN1CC(=O)Nc1cccc(C(=O)NCc2ccco2)c1. The fraction of sp³-hybridized carbons (Fsp3) is 0.417. The highest BCUT2D eigenvalue weighted by molar-refractivity contribution is 5.98. The fourth-order valence-corrected chi connectivity index (χ4v) is 3.46. The summed E-state index contributed by atoms with van der Waals surface area (Å²) in [5.74, 6) is -0.631. The van der Waals surface area contributed by atoms with E-state index in [1.165, 1.54) is 6.26 Å². The molecular weight excluding hydrogens is 440 g/mol. The van der Waals surface area contributed by atoms with Gasteiger partial charge in [0, 0.05) is 24.3 Å². The minimum Gasteiger partial charge on any atom is -0.467 e. The quantitative estimate of drug-likeness (QED) is 0.449. The molecule has 1 saturated heterocycles. The Hall–Kier alpha value is -3.66. The van der Waals surface area contributed by atoms with Gasteiger partial charge in [0.15, 0.2) is 0 Å². The van der Waals surface area contributed by atoms with Crippen molar-refractivity contribution in [1.82, 2.24) is 15.5 Å². The Morgan fingerprint density at radius 1 is 1.24 bits per heavy atom. The number of benzene rings is 1. The molecule has 10 nitrogen and oxygen atoms in total. The Bertz CT molecular complexity index is 1000. The van der Waals surface area contributed by atoms with Crippen molar-refractivity contribution in [2.24, 2.45) is 5.92 Å². The first-order valence-electron chi connectivity index (χ1n) is 11.2. The normalized spacial score (nSPS) is 16.1. The number of carbonyl (C=O) groups is 4. The van der Waals surface area contributed by atoms with Crippen LogP contribution in [0.5, 0.6) is 0 Å². The first-order chi connectivity index (χ1) is 16.3. The minimum atomic E-state index is -0.780. The van der Waals surface area contributed by atoms with Gasteiger partial charge in [0.2, 0.25) is 11.8 Å². The van der Waals surface area contributed by atoms with Crippen LogP contribution >= 0.6 is 0 Å². The van der Waals surface area contributed by atoms with Gasteiger partial charge in [-0.1, -0.05) is 19.9 Å². The molecule has 1 fully saturated rings. The van der Waals surface area contributed by atoms with Crippen molar-refractivity contribution in [1.29, 1.82) is 0 Å². The molecule has 1 aliphatic rings. The number of furan rings is 1. The third-order valence-corrected chi connectivity index (χ3v) is 5.14. The average molecular weight is 471 g/mol. The lowest BCUT2D eigenvalue weighted by Gasteiger charge is -2.33. The summed E-state index contributed by atoms with van der Waals surface area (Å²) < 4.78 is 10.4. The average Bonchev–Trinajstić information content (AvgIpc) is 3.32. The van der Waals surface area contributed by atoms with Gasteiger partial charge in [-0.3, -0.25) is 24.1 Å². The number of hydrogen-bond acceptors (Lipinski definition) is 7. The highest BCUT2D eigenvalue weighted by Crippen LogP contribution is 2.14. The van der Waals surface area contributed by atoms with Gasteiger partial charge in [-0.05, 0) is 36.2 Å². The molecule has 2 heterocycles. The second-order valence-corrected chi connectivity index (χ2v) is 8.45. The summed E-state index contributed by atoms with van der Waals surface area (Å²) in [4.78, 5) is 51.2. The van der Waals surface area contributed by atoms with E-state index >= 15 is 0 Å². The summed E-state index contributed by atoms with van der Waals surface area (Å²) in [6.07, 6.45) is 1.40. The lowest BCUT2D eigenvalue weighted by atomic mass is 10.1. The Balaban J connectivity index is 1.55. The zero-order chi connectivity index (χ0) is 24.5. The lowest BCUT2D eigenvalue weighted by Crippen LogP contribution is -2.57. The van der Waals surface area contributed by atoms with E-state index in [-0.39, 0.29) is 49.8 Å². The van der Waals surface area contributed by atoms with Crippen molar-refractivity contribution in [3.05, 3.63) is 54.0 Å². The van der Waals surface area contributed by atoms with Gasteiger partial charge in [0.05, 0.1) is 32.4 Å². The summed E-state index contributed by atoms with van der Waals surface area (Å²) in [5, 5.41) is 8.23. The van der Waals surface area contributed by atoms with Crippen molar-refractivity contribution in [2.75, 3.05) is 31.6 Å². The van der Waals surface area contributed by atoms with Crippen LogP contribution in [0.2, 0.25) is 0 Å². The molecule has 182 valence electrons. The lowest BCUT2D eigenvalue weighted by molar-refractivity contribution is -0.149. The first-order valence-corrected chi connectivity index (χ1v) is 11.2. The Morgan fingerprint density at radius 2 is 2.06 bits per heavy atom. The predicted molar refractivity (Wildman–Crippen MR) is 124 cm³/mol. The van der Waals surface area contributed by atoms with E-state index in [0.717, 1.165) is 0 Å². The second kappa shape index (κ2) is 12.0. The summed E-state index contributed by atoms with van der Waals surface area (Å²) in [6, 6.07) is 9.26. The molecule has 3 rings (SSSR count). The van der Waals surface area contributed by atoms with Crippen LogP contribution in [0, 0.1) is 5.92 Å². The zero-order valence-corrected chi connectivity index (χ0v) is 19.3. The van der Waals surface area contributed by atoms with Crippen LogP contribution in [0.1, 0.15) is 36.4 Å². The molecular formula is C24H30N4O6. The standard InChI is InChI=1S/C24H30N4O6/c1-16(2)15-34-22(30)12-20-24(32)25-8-9-28(20)14-21(29)27-18-6-3-5-17(11-18)23(31)26-13-19-7-4-10-33-19/h3-7,10-11,16,20H,8-9,12-15H2,1-2H3,(H,25,32)(H,26,31)(H,27,29). The van der Waals surface area contributed by atoms with Crippen LogP contribution in [-0.2, 0) is 25.7 Å². The van der Waals surface area contributed by atoms with Crippen molar-refractivity contribution in [2.45, 2.75) is 32.9 Å². The number of anilines is 1. The number of nitrogens with zero attached hydrogens (tertiary/aromatic N) is 1. The molecule has 3 N–H and O–H groups in total. The molecule has 3 amide bonds. The number of piperazine rings is 1. The van der Waals surface area contributed by atoms with Crippen molar-refractivity contribution in [3.8, 4) is 0 Å². The number of carbonyl (C=O) groups excluding carboxylic acids is 4. The molecule has 1 aromatic heterocycles. The molecule has 2 aromatic rings. The van der Waals surface area contributed by atoms with Gasteiger partial charge in [-0.2, -0.15) is 0 Å². The van der Waals surface area contributed by atoms with Crippen molar-refractivity contribution < 1.29 is 28.3 Å². The van der Waals surface area contributed by atoms with E-state index < -0.39 is 12.0 Å². The number of hydrogen-bond donors (Lipinski definition) is 3. The predicted octanol–water partition coefficient (Wildman–Crippen LogP) is 1.54. The van der Waals surface area contributed by atoms with Crippen LogP contribution in [0.15, 0.2) is 47.1 Å². The minimum absolute atomic E-state index is 0.0789. The summed E-state index contributed by atoms with van der Waals surface area (Å²) in [6.45, 7) is 5.11. The highest BCUT2D eigenvalue weighted by Gasteiger charge is 2.33. The maximum atomic E-state index is 12.7. The molecule has 0 spiro atoms. The summed E-state index contributed by atoms with van der Waals surface area (Å²) >= 11 is 0. The highest BCUT2D eigenvalue weighted by atomic mass is 16.5. The van der Waals surface area contributed by atoms with Crippen LogP contribution in [0.3, 0.4) is 0 Å². The van der Waals surface area contributed by atoms with E-state index in [9.17, 15) is 19.2 Å². The Morgan fingerprint density at radius 3 is 2.79 bits per heavy atom. The Labute approximate surface area is 198 Å². The Kier molecular flexibility index (Phi) is 8.80. The molecule has 0 saturated carbocycles. The van der Waals surface area contributed by atoms with Gasteiger partial charge in [0.25, 0.3) is 5.91 Å². The number of nitrogens with one attached hydrogen (secondary N) is 3. The van der Waals surface area contributed by atoms with Gasteiger partial charge < -0.3 is 25.1 Å². The topological polar surface area (TPSA) is 130 Å². The number of amides is 3. The van der Waals surface area contributed by atoms with E-state index in [1.807, 2.05) is 13.8 Å². The molecule has 0 radical (unpaired) electrons. The molecule has 34 heavy (non-hydrogen) atoms. The summed E-state index contributed by atoms with van der Waals surface area (Å²) in [7, 11) is 0. The number of esters is 1. The molecule has 0 aliphatic carbocycles. The zero-order valence-electron chi connectivity index (χ0n) is 19.3. The largest absolute Gasteiger partial charge is 0.467 e. The summed E-state index contributed by atoms with van der Waals surface area (Å²) in [5.41, 5.74) is 0.831. The molecule has 1 atom stereocenters. The van der Waals surface area contributed by atoms with Crippen LogP contribution in [0.4, 0.5) is 5.69 Å². The van der Waals surface area contributed by atoms with E-state index in [2.05, 4.69) is 16.0 Å². The number of ether oxygens (including phenoxy) is 1. The monoisotopic (exact) mass is 470 g/mol. The second-order valence-electron chi connectivity index (χ2n) is 8.45. The third kappa shape index (κ3) is 7.45. The van der Waals surface area contributed by atoms with Gasteiger partial charge in [0.1, 0.15) is 11.8 Å². The van der Waals surface area contributed by atoms with Crippen LogP contribution < -0.4 is 16.0 Å². The molecule has 10 heteroatoms. The van der Waals surface area contributed by atoms with E-state index in [0.29, 0.717) is 30.1 Å². The van der Waals surface area contributed by atoms with Crippen molar-refractivity contribution >= 4 is 29.4 Å². The maximum absolute atomic E-state index is 12.7. The van der Waals surface area contributed by atoms with Crippen LogP contribution in [0.25, 0.3) is 0 Å². The van der Waals surface area contributed by atoms with Crippen molar-refractivity contribution in [3.63, 3.8) is 0 Å². The third-order valence-electron chi connectivity index (χ3n) is 5.14. The van der Waals surface area contributed by atoms with Gasteiger partial charge >= 0.3 is 5.97 Å². The molecule has 1 aliphatic heterocycles. The van der Waals surface area contributed by atoms with Gasteiger partial charge in [-0.25, -0.2) is 0 Å². The smallest absolute Gasteiger partial charge is 0.307 e. The van der Waals surface area contributed by atoms with Gasteiger partial charge in [-0.15, -0.1) is 0 Å². The van der Waals surface area contributed by atoms with E-state index in [1.54, 1.807) is 41.3 Å². The first kappa shape index (κ1) is 25.0.